The highest BCUT2D eigenvalue weighted by Gasteiger charge is 2.32. The number of halogens is 4. The molecular formula is C21H16ClF3N2O4S. The average molecular weight is 485 g/mol. The molecule has 0 aromatic heterocycles. The highest BCUT2D eigenvalue weighted by Crippen LogP contribution is 2.38. The van der Waals surface area contributed by atoms with Crippen molar-refractivity contribution in [3.05, 3.63) is 77.3 Å². The van der Waals surface area contributed by atoms with Crippen LogP contribution in [0.15, 0.2) is 71.6 Å². The van der Waals surface area contributed by atoms with Crippen molar-refractivity contribution in [3.8, 4) is 16.9 Å². The number of hydrogen-bond donors (Lipinski definition) is 2. The second-order valence-electron chi connectivity index (χ2n) is 6.65. The van der Waals surface area contributed by atoms with E-state index in [1.165, 1.54) is 60.7 Å². The van der Waals surface area contributed by atoms with Crippen LogP contribution in [0.1, 0.15) is 5.56 Å². The number of carbonyl (C=O) groups excluding carboxylic acids is 1. The van der Waals surface area contributed by atoms with Crippen LogP contribution in [-0.2, 0) is 21.2 Å². The van der Waals surface area contributed by atoms with Crippen molar-refractivity contribution < 1.29 is 31.1 Å². The standard InChI is InChI=1S/C21H16ClF3N2O4S/c22-18-12-14(27-20(28)11-13-5-8-15(9-6-13)32(26,29)30)7-10-16(18)17-3-1-2-4-19(17)31-21(23,24)25/h1-10,12H,11H2,(H,27,28)(H2,26,29,30). The summed E-state index contributed by atoms with van der Waals surface area (Å²) in [5.74, 6) is -0.806. The first-order chi connectivity index (χ1) is 14.9. The Kier molecular flexibility index (Phi) is 6.77. The number of anilines is 1. The molecule has 3 aromatic rings. The normalized spacial score (nSPS) is 11.8. The molecule has 0 atom stereocenters. The van der Waals surface area contributed by atoms with Crippen molar-refractivity contribution >= 4 is 33.2 Å². The third-order valence-corrected chi connectivity index (χ3v) is 5.51. The molecule has 3 N–H and O–H groups in total. The first-order valence-corrected chi connectivity index (χ1v) is 10.9. The summed E-state index contributed by atoms with van der Waals surface area (Å²) in [5, 5.41) is 7.77. The zero-order valence-electron chi connectivity index (χ0n) is 16.2. The van der Waals surface area contributed by atoms with E-state index in [0.717, 1.165) is 0 Å². The highest BCUT2D eigenvalue weighted by atomic mass is 35.5. The number of primary sulfonamides is 1. The Hall–Kier alpha value is -3.08. The molecule has 3 rings (SSSR count). The number of sulfonamides is 1. The van der Waals surface area contributed by atoms with Gasteiger partial charge in [0.2, 0.25) is 15.9 Å². The van der Waals surface area contributed by atoms with Crippen LogP contribution in [0, 0.1) is 0 Å². The predicted octanol–water partition coefficient (Wildman–Crippen LogP) is 4.73. The molecule has 32 heavy (non-hydrogen) atoms. The molecule has 0 aliphatic heterocycles. The fraction of sp³-hybridized carbons (Fsp3) is 0.0952. The van der Waals surface area contributed by atoms with E-state index < -0.39 is 28.0 Å². The molecule has 0 saturated carbocycles. The molecule has 0 unspecified atom stereocenters. The van der Waals surface area contributed by atoms with Gasteiger partial charge in [0.05, 0.1) is 16.3 Å². The minimum atomic E-state index is -4.86. The van der Waals surface area contributed by atoms with E-state index >= 15 is 0 Å². The van der Waals surface area contributed by atoms with E-state index in [1.807, 2.05) is 0 Å². The van der Waals surface area contributed by atoms with Gasteiger partial charge in [-0.25, -0.2) is 13.6 Å². The molecule has 6 nitrogen and oxygen atoms in total. The second-order valence-corrected chi connectivity index (χ2v) is 8.62. The Morgan fingerprint density at radius 3 is 2.25 bits per heavy atom. The number of hydrogen-bond acceptors (Lipinski definition) is 4. The third-order valence-electron chi connectivity index (χ3n) is 4.27. The first-order valence-electron chi connectivity index (χ1n) is 8.99. The third kappa shape index (κ3) is 6.22. The van der Waals surface area contributed by atoms with E-state index in [0.29, 0.717) is 16.8 Å². The van der Waals surface area contributed by atoms with Crippen molar-refractivity contribution in [1.29, 1.82) is 0 Å². The van der Waals surface area contributed by atoms with Gasteiger partial charge in [-0.05, 0) is 35.9 Å². The number of para-hydroxylation sites is 1. The fourth-order valence-corrected chi connectivity index (χ4v) is 3.70. The van der Waals surface area contributed by atoms with Gasteiger partial charge in [-0.1, -0.05) is 48.0 Å². The lowest BCUT2D eigenvalue weighted by Crippen LogP contribution is -2.17. The van der Waals surface area contributed by atoms with Gasteiger partial charge in [0.1, 0.15) is 5.75 Å². The van der Waals surface area contributed by atoms with Crippen LogP contribution in [0.4, 0.5) is 18.9 Å². The SMILES string of the molecule is NS(=O)(=O)c1ccc(CC(=O)Nc2ccc(-c3ccccc3OC(F)(F)F)c(Cl)c2)cc1. The molecule has 11 heteroatoms. The van der Waals surface area contributed by atoms with Gasteiger partial charge in [-0.15, -0.1) is 13.2 Å². The maximum atomic E-state index is 12.7. The lowest BCUT2D eigenvalue weighted by Gasteiger charge is -2.15. The van der Waals surface area contributed by atoms with Gasteiger partial charge in [0, 0.05) is 16.8 Å². The number of nitrogens with two attached hydrogens (primary N) is 1. The molecule has 0 aliphatic rings. The van der Waals surface area contributed by atoms with E-state index in [1.54, 1.807) is 6.07 Å². The van der Waals surface area contributed by atoms with E-state index in [4.69, 9.17) is 16.7 Å². The number of rotatable bonds is 6. The van der Waals surface area contributed by atoms with Crippen LogP contribution < -0.4 is 15.2 Å². The predicted molar refractivity (Wildman–Crippen MR) is 114 cm³/mol. The number of nitrogens with one attached hydrogen (secondary N) is 1. The van der Waals surface area contributed by atoms with Crippen LogP contribution in [0.2, 0.25) is 5.02 Å². The Labute approximate surface area is 186 Å². The Morgan fingerprint density at radius 1 is 1.00 bits per heavy atom. The van der Waals surface area contributed by atoms with Gasteiger partial charge >= 0.3 is 6.36 Å². The minimum absolute atomic E-state index is 0.0491. The first kappa shape index (κ1) is 23.6. The fourth-order valence-electron chi connectivity index (χ4n) is 2.90. The molecule has 0 spiro atoms. The molecular weight excluding hydrogens is 469 g/mol. The van der Waals surface area contributed by atoms with Gasteiger partial charge in [-0.2, -0.15) is 0 Å². The number of carbonyl (C=O) groups is 1. The Balaban J connectivity index is 1.74. The minimum Gasteiger partial charge on any atom is -0.405 e. The van der Waals surface area contributed by atoms with Gasteiger partial charge in [0.15, 0.2) is 0 Å². The quantitative estimate of drug-likeness (QED) is 0.528. The number of amides is 1. The van der Waals surface area contributed by atoms with Crippen LogP contribution in [-0.4, -0.2) is 20.7 Å². The number of ether oxygens (including phenoxy) is 1. The summed E-state index contributed by atoms with van der Waals surface area (Å²) < 4.78 is 64.6. The van der Waals surface area contributed by atoms with Crippen molar-refractivity contribution in [1.82, 2.24) is 0 Å². The molecule has 168 valence electrons. The van der Waals surface area contributed by atoms with Crippen LogP contribution >= 0.6 is 11.6 Å². The maximum absolute atomic E-state index is 12.7. The molecule has 0 saturated heterocycles. The summed E-state index contributed by atoms with van der Waals surface area (Å²) >= 11 is 6.25. The number of benzene rings is 3. The van der Waals surface area contributed by atoms with E-state index in [-0.39, 0.29) is 21.9 Å². The molecule has 0 aliphatic carbocycles. The van der Waals surface area contributed by atoms with Crippen LogP contribution in [0.3, 0.4) is 0 Å². The van der Waals surface area contributed by atoms with E-state index in [9.17, 15) is 26.4 Å². The zero-order valence-corrected chi connectivity index (χ0v) is 17.8. The lowest BCUT2D eigenvalue weighted by molar-refractivity contribution is -0.274. The molecule has 1 amide bonds. The van der Waals surface area contributed by atoms with E-state index in [2.05, 4.69) is 10.1 Å². The smallest absolute Gasteiger partial charge is 0.405 e. The highest BCUT2D eigenvalue weighted by molar-refractivity contribution is 7.89. The molecule has 0 fully saturated rings. The molecule has 3 aromatic carbocycles. The average Bonchev–Trinajstić information content (AvgIpc) is 2.67. The van der Waals surface area contributed by atoms with Crippen molar-refractivity contribution in [3.63, 3.8) is 0 Å². The summed E-state index contributed by atoms with van der Waals surface area (Å²) in [6, 6.07) is 15.5. The summed E-state index contributed by atoms with van der Waals surface area (Å²) in [4.78, 5) is 12.2. The van der Waals surface area contributed by atoms with Crippen molar-refractivity contribution in [2.24, 2.45) is 5.14 Å². The molecule has 0 bridgehead atoms. The summed E-state index contributed by atoms with van der Waals surface area (Å²) in [6.07, 6.45) is -4.91. The monoisotopic (exact) mass is 484 g/mol. The zero-order chi connectivity index (χ0) is 23.5. The van der Waals surface area contributed by atoms with Crippen LogP contribution in [0.25, 0.3) is 11.1 Å². The summed E-state index contributed by atoms with van der Waals surface area (Å²) in [7, 11) is -3.83. The largest absolute Gasteiger partial charge is 0.573 e. The molecule has 0 heterocycles. The maximum Gasteiger partial charge on any atom is 0.573 e. The lowest BCUT2D eigenvalue weighted by atomic mass is 10.0. The Morgan fingerprint density at radius 2 is 1.66 bits per heavy atom. The van der Waals surface area contributed by atoms with Gasteiger partial charge in [-0.3, -0.25) is 4.79 Å². The topological polar surface area (TPSA) is 98.5 Å². The van der Waals surface area contributed by atoms with Crippen LogP contribution in [0.5, 0.6) is 5.75 Å². The second kappa shape index (κ2) is 9.19. The summed E-state index contributed by atoms with van der Waals surface area (Å²) in [5.41, 5.74) is 1.32. The molecule has 0 radical (unpaired) electrons. The van der Waals surface area contributed by atoms with Gasteiger partial charge < -0.3 is 10.1 Å². The Bertz CT molecular complexity index is 1250. The summed E-state index contributed by atoms with van der Waals surface area (Å²) in [6.45, 7) is 0. The van der Waals surface area contributed by atoms with Gasteiger partial charge in [0.25, 0.3) is 0 Å². The van der Waals surface area contributed by atoms with Crippen molar-refractivity contribution in [2.45, 2.75) is 17.7 Å². The van der Waals surface area contributed by atoms with Crippen molar-refractivity contribution in [2.75, 3.05) is 5.32 Å². The number of alkyl halides is 3.